The number of benzene rings is 3. The van der Waals surface area contributed by atoms with Gasteiger partial charge in [0.25, 0.3) is 0 Å². The van der Waals surface area contributed by atoms with Crippen LogP contribution >= 0.6 is 0 Å². The maximum Gasteiger partial charge on any atom is 0.323 e. The first-order valence-corrected chi connectivity index (χ1v) is 12.1. The number of carbonyl (C=O) groups excluding carboxylic acids is 2. The van der Waals surface area contributed by atoms with Crippen LogP contribution in [0.1, 0.15) is 16.7 Å². The van der Waals surface area contributed by atoms with Gasteiger partial charge >= 0.3 is 5.69 Å². The zero-order valence-corrected chi connectivity index (χ0v) is 19.5. The van der Waals surface area contributed by atoms with E-state index >= 15 is 0 Å². The number of hydrogen-bond donors (Lipinski definition) is 3. The van der Waals surface area contributed by atoms with Crippen molar-refractivity contribution in [2.75, 3.05) is 18.4 Å². The molecule has 2 fully saturated rings. The number of nitrogens with one attached hydrogen (secondary N) is 3. The Kier molecular flexibility index (Phi) is 5.44. The van der Waals surface area contributed by atoms with Crippen molar-refractivity contribution >= 4 is 28.5 Å². The van der Waals surface area contributed by atoms with Crippen LogP contribution in [0.5, 0.6) is 0 Å². The first-order valence-electron chi connectivity index (χ1n) is 12.1. The summed E-state index contributed by atoms with van der Waals surface area (Å²) in [7, 11) is 0. The van der Waals surface area contributed by atoms with Crippen LogP contribution in [0.15, 0.2) is 71.5 Å². The molecule has 3 aromatic carbocycles. The number of anilines is 1. The number of likely N-dealkylation sites (tertiary alicyclic amines) is 1. The van der Waals surface area contributed by atoms with Gasteiger partial charge in [0, 0.05) is 19.0 Å². The monoisotopic (exact) mass is 484 g/mol. The molecule has 1 aliphatic heterocycles. The van der Waals surface area contributed by atoms with Crippen LogP contribution in [-0.4, -0.2) is 39.8 Å². The van der Waals surface area contributed by atoms with E-state index in [4.69, 9.17) is 0 Å². The van der Waals surface area contributed by atoms with E-state index in [2.05, 4.69) is 15.3 Å². The van der Waals surface area contributed by atoms with Gasteiger partial charge in [-0.25, -0.2) is 9.18 Å². The Labute approximate surface area is 206 Å². The average Bonchev–Trinajstić information content (AvgIpc) is 3.16. The van der Waals surface area contributed by atoms with Crippen molar-refractivity contribution in [2.24, 2.45) is 17.8 Å². The molecule has 36 heavy (non-hydrogen) atoms. The molecular formula is C28H25FN4O3. The molecule has 6 rings (SSSR count). The SMILES string of the molecule is O=C(Nc1cccc2[nH]c(=O)[nH]c12)C1[C@H]2CN(C(=O)Cc3ccccc3Cc3ccc(F)cc3)C[C@H]12. The van der Waals surface area contributed by atoms with Gasteiger partial charge in [-0.05, 0) is 59.2 Å². The van der Waals surface area contributed by atoms with E-state index in [-0.39, 0.29) is 41.1 Å². The number of nitrogens with zero attached hydrogens (tertiary/aromatic N) is 1. The lowest BCUT2D eigenvalue weighted by Crippen LogP contribution is -2.34. The van der Waals surface area contributed by atoms with Crippen molar-refractivity contribution in [3.05, 3.63) is 99.7 Å². The summed E-state index contributed by atoms with van der Waals surface area (Å²) in [4.78, 5) is 44.9. The number of halogens is 1. The number of rotatable bonds is 6. The van der Waals surface area contributed by atoms with E-state index in [0.29, 0.717) is 42.7 Å². The van der Waals surface area contributed by atoms with Crippen LogP contribution in [0.3, 0.4) is 0 Å². The van der Waals surface area contributed by atoms with Gasteiger partial charge in [-0.15, -0.1) is 0 Å². The van der Waals surface area contributed by atoms with Crippen molar-refractivity contribution in [2.45, 2.75) is 12.8 Å². The number of fused-ring (bicyclic) bond motifs is 2. The summed E-state index contributed by atoms with van der Waals surface area (Å²) in [6.45, 7) is 1.15. The van der Waals surface area contributed by atoms with Crippen LogP contribution in [0.4, 0.5) is 10.1 Å². The third-order valence-corrected chi connectivity index (χ3v) is 7.43. The minimum Gasteiger partial charge on any atom is -0.342 e. The highest BCUT2D eigenvalue weighted by atomic mass is 19.1. The van der Waals surface area contributed by atoms with Crippen molar-refractivity contribution in [1.82, 2.24) is 14.9 Å². The number of aromatic amines is 2. The van der Waals surface area contributed by atoms with E-state index < -0.39 is 0 Å². The standard InChI is InChI=1S/C28H25FN4O3/c29-19-10-8-16(9-11-19)12-17-4-1-2-5-18(17)13-24(34)33-14-20-21(15-33)25(20)27(35)30-22-6-3-7-23-26(22)32-28(36)31-23/h1-11,20-21,25H,12-15H2,(H,30,35)(H2,31,32,36)/t20-,21-/m0/s1. The molecule has 2 atom stereocenters. The zero-order valence-electron chi connectivity index (χ0n) is 19.5. The number of carbonyl (C=O) groups is 2. The van der Waals surface area contributed by atoms with Gasteiger partial charge in [0.15, 0.2) is 0 Å². The predicted octanol–water partition coefficient (Wildman–Crippen LogP) is 3.47. The molecule has 2 amide bonds. The number of imidazole rings is 1. The van der Waals surface area contributed by atoms with Gasteiger partial charge in [0.2, 0.25) is 11.8 Å². The Bertz CT molecular complexity index is 1510. The minimum atomic E-state index is -0.316. The quantitative estimate of drug-likeness (QED) is 0.391. The molecule has 1 saturated carbocycles. The molecule has 0 unspecified atom stereocenters. The van der Waals surface area contributed by atoms with E-state index in [1.165, 1.54) is 12.1 Å². The molecule has 0 spiro atoms. The van der Waals surface area contributed by atoms with Gasteiger partial charge in [0.05, 0.1) is 23.1 Å². The number of piperidine rings is 1. The van der Waals surface area contributed by atoms with Crippen LogP contribution in [0, 0.1) is 23.6 Å². The van der Waals surface area contributed by atoms with Gasteiger partial charge in [-0.2, -0.15) is 0 Å². The lowest BCUT2D eigenvalue weighted by molar-refractivity contribution is -0.131. The summed E-state index contributed by atoms with van der Waals surface area (Å²) >= 11 is 0. The summed E-state index contributed by atoms with van der Waals surface area (Å²) in [6.07, 6.45) is 0.937. The van der Waals surface area contributed by atoms with Gasteiger partial charge < -0.3 is 20.2 Å². The normalized spacial score (nSPS) is 20.4. The Balaban J connectivity index is 1.07. The molecule has 7 nitrogen and oxygen atoms in total. The number of aromatic nitrogens is 2. The van der Waals surface area contributed by atoms with Crippen molar-refractivity contribution in [3.8, 4) is 0 Å². The molecule has 8 heteroatoms. The van der Waals surface area contributed by atoms with Gasteiger partial charge in [0.1, 0.15) is 5.82 Å². The molecule has 0 bridgehead atoms. The summed E-state index contributed by atoms with van der Waals surface area (Å²) in [6, 6.07) is 19.6. The Hall–Kier alpha value is -4.20. The topological polar surface area (TPSA) is 98.1 Å². The molecular weight excluding hydrogens is 459 g/mol. The predicted molar refractivity (Wildman–Crippen MR) is 134 cm³/mol. The summed E-state index contributed by atoms with van der Waals surface area (Å²) in [5.74, 6) is -0.0846. The van der Waals surface area contributed by atoms with Crippen LogP contribution in [0.2, 0.25) is 0 Å². The maximum absolute atomic E-state index is 13.2. The molecule has 1 saturated heterocycles. The highest BCUT2D eigenvalue weighted by Gasteiger charge is 2.60. The first kappa shape index (κ1) is 22.3. The van der Waals surface area contributed by atoms with E-state index in [1.807, 2.05) is 29.2 Å². The van der Waals surface area contributed by atoms with Crippen molar-refractivity contribution in [1.29, 1.82) is 0 Å². The maximum atomic E-state index is 13.2. The number of H-pyrrole nitrogens is 2. The molecule has 1 aromatic heterocycles. The Morgan fingerprint density at radius 3 is 2.39 bits per heavy atom. The van der Waals surface area contributed by atoms with Crippen LogP contribution in [-0.2, 0) is 22.4 Å². The number of amides is 2. The first-order chi connectivity index (χ1) is 17.5. The summed E-state index contributed by atoms with van der Waals surface area (Å²) < 4.78 is 13.2. The Morgan fingerprint density at radius 2 is 1.64 bits per heavy atom. The van der Waals surface area contributed by atoms with Gasteiger partial charge in [-0.1, -0.05) is 42.5 Å². The second kappa shape index (κ2) is 8.78. The number of para-hydroxylation sites is 1. The second-order valence-corrected chi connectivity index (χ2v) is 9.70. The molecule has 182 valence electrons. The molecule has 1 aliphatic carbocycles. The highest BCUT2D eigenvalue weighted by Crippen LogP contribution is 2.52. The van der Waals surface area contributed by atoms with E-state index in [9.17, 15) is 18.8 Å². The second-order valence-electron chi connectivity index (χ2n) is 9.70. The Morgan fingerprint density at radius 1 is 0.917 bits per heavy atom. The zero-order chi connectivity index (χ0) is 24.8. The lowest BCUT2D eigenvalue weighted by Gasteiger charge is -2.21. The van der Waals surface area contributed by atoms with Crippen LogP contribution in [0.25, 0.3) is 11.0 Å². The third-order valence-electron chi connectivity index (χ3n) is 7.43. The van der Waals surface area contributed by atoms with Crippen molar-refractivity contribution in [3.63, 3.8) is 0 Å². The minimum absolute atomic E-state index is 0.0579. The fourth-order valence-electron chi connectivity index (χ4n) is 5.50. The fourth-order valence-corrected chi connectivity index (χ4v) is 5.50. The molecule has 2 aliphatic rings. The molecule has 2 heterocycles. The summed E-state index contributed by atoms with van der Waals surface area (Å²) in [5.41, 5.74) is 4.50. The molecule has 0 radical (unpaired) electrons. The van der Waals surface area contributed by atoms with Crippen molar-refractivity contribution < 1.29 is 14.0 Å². The van der Waals surface area contributed by atoms with E-state index in [1.54, 1.807) is 30.3 Å². The fraction of sp³-hybridized carbons (Fsp3) is 0.250. The lowest BCUT2D eigenvalue weighted by atomic mass is 9.97. The summed E-state index contributed by atoms with van der Waals surface area (Å²) in [5, 5.41) is 2.95. The van der Waals surface area contributed by atoms with Crippen LogP contribution < -0.4 is 11.0 Å². The largest absolute Gasteiger partial charge is 0.342 e. The average molecular weight is 485 g/mol. The smallest absolute Gasteiger partial charge is 0.323 e. The molecule has 3 N–H and O–H groups in total. The van der Waals surface area contributed by atoms with E-state index in [0.717, 1.165) is 16.7 Å². The molecule has 4 aromatic rings. The van der Waals surface area contributed by atoms with Gasteiger partial charge in [-0.3, -0.25) is 9.59 Å². The number of hydrogen-bond acceptors (Lipinski definition) is 3. The third kappa shape index (κ3) is 4.19. The highest BCUT2D eigenvalue weighted by molar-refractivity contribution is 6.01.